The molecule has 0 spiro atoms. The number of hydrogen-bond acceptors (Lipinski definition) is 9. The van der Waals surface area contributed by atoms with Gasteiger partial charge in [-0.2, -0.15) is 5.26 Å². The summed E-state index contributed by atoms with van der Waals surface area (Å²) in [6, 6.07) is 9.24. The molecule has 1 unspecified atom stereocenters. The Kier molecular flexibility index (Phi) is 9.80. The van der Waals surface area contributed by atoms with Crippen LogP contribution in [-0.4, -0.2) is 13.2 Å². The Morgan fingerprint density at radius 2 is 1.93 bits per heavy atom. The van der Waals surface area contributed by atoms with Crippen LogP contribution in [0.1, 0.15) is 32.3 Å². The first-order valence-electron chi connectivity index (χ1n) is 8.25. The normalized spacial score (nSPS) is 15.0. The Morgan fingerprint density at radius 3 is 2.57 bits per heavy atom. The maximum absolute atomic E-state index is 11.1. The lowest BCUT2D eigenvalue weighted by Gasteiger charge is -2.34. The van der Waals surface area contributed by atoms with Crippen LogP contribution in [0, 0.1) is 11.3 Å². The van der Waals surface area contributed by atoms with Gasteiger partial charge in [-0.1, -0.05) is 29.4 Å². The number of hydrogen-bond donors (Lipinski definition) is 1. The molecule has 9 nitrogen and oxygen atoms in total. The zero-order valence-corrected chi connectivity index (χ0v) is 17.3. The van der Waals surface area contributed by atoms with Crippen molar-refractivity contribution in [3.63, 3.8) is 0 Å². The number of allylic oxidation sites excluding steroid dienone is 2. The van der Waals surface area contributed by atoms with Gasteiger partial charge in [-0.3, -0.25) is 8.88 Å². The summed E-state index contributed by atoms with van der Waals surface area (Å²) in [6.07, 6.45) is 4.82. The Labute approximate surface area is 164 Å². The van der Waals surface area contributed by atoms with E-state index in [1.807, 2.05) is 19.1 Å². The molecule has 0 amide bonds. The van der Waals surface area contributed by atoms with Crippen LogP contribution in [0.3, 0.4) is 0 Å². The molecule has 0 bridgehead atoms. The summed E-state index contributed by atoms with van der Waals surface area (Å²) in [5.74, 6) is 0. The largest absolute Gasteiger partial charge is 0.790 e. The average Bonchev–Trinajstić information content (AvgIpc) is 2.58. The number of rotatable bonds is 11. The molecule has 0 aliphatic rings. The third-order valence-corrected chi connectivity index (χ3v) is 5.52. The average molecular weight is 427 g/mol. The Morgan fingerprint density at radius 1 is 1.21 bits per heavy atom. The van der Waals surface area contributed by atoms with Crippen molar-refractivity contribution in [3.8, 4) is 6.07 Å². The van der Waals surface area contributed by atoms with E-state index in [1.54, 1.807) is 25.1 Å². The van der Waals surface area contributed by atoms with Crippen LogP contribution in [-0.2, 0) is 18.0 Å². The highest BCUT2D eigenvalue weighted by molar-refractivity contribution is 7.58. The van der Waals surface area contributed by atoms with Crippen molar-refractivity contribution in [3.05, 3.63) is 53.1 Å². The van der Waals surface area contributed by atoms with Crippen LogP contribution < -0.4 is 20.0 Å². The summed E-state index contributed by atoms with van der Waals surface area (Å²) in [6.45, 7) is 3.91. The minimum atomic E-state index is -5.66. The van der Waals surface area contributed by atoms with Crippen LogP contribution in [0.4, 0.5) is 5.69 Å². The molecule has 0 aliphatic carbocycles. The van der Waals surface area contributed by atoms with Crippen molar-refractivity contribution in [2.45, 2.75) is 26.7 Å². The molecule has 1 atom stereocenters. The van der Waals surface area contributed by atoms with E-state index in [0.29, 0.717) is 24.9 Å². The third kappa shape index (κ3) is 11.2. The van der Waals surface area contributed by atoms with Crippen LogP contribution in [0.25, 0.3) is 0 Å². The maximum atomic E-state index is 11.1. The van der Waals surface area contributed by atoms with E-state index >= 15 is 0 Å². The summed E-state index contributed by atoms with van der Waals surface area (Å²) >= 11 is 0. The van der Waals surface area contributed by atoms with Crippen LogP contribution in [0.15, 0.2) is 47.6 Å². The monoisotopic (exact) mass is 427 g/mol. The summed E-state index contributed by atoms with van der Waals surface area (Å²) in [5, 5.41) is 12.1. The molecule has 1 rings (SSSR count). The quantitative estimate of drug-likeness (QED) is 0.412. The van der Waals surface area contributed by atoms with Crippen molar-refractivity contribution < 1.29 is 32.6 Å². The van der Waals surface area contributed by atoms with Crippen LogP contribution in [0.2, 0.25) is 0 Å². The molecular formula is C17H21N2O7P2-3. The predicted molar refractivity (Wildman–Crippen MR) is 98.6 cm³/mol. The predicted octanol–water partition coefficient (Wildman–Crippen LogP) is 1.97. The lowest BCUT2D eigenvalue weighted by molar-refractivity contribution is -0.339. The number of nitrogens with zero attached hydrogens (tertiary/aromatic N) is 1. The van der Waals surface area contributed by atoms with Gasteiger partial charge >= 0.3 is 0 Å². The second-order valence-electron chi connectivity index (χ2n) is 5.96. The van der Waals surface area contributed by atoms with Gasteiger partial charge in [0.05, 0.1) is 26.1 Å². The standard InChI is InChI=1S/C17H24N2O7P2/c1-14(9-10-25-28(23,24)26-27(20,21)22)5-3-6-15(2)13-19-17-8-4-7-16(11-17)12-18/h4,6-9,11,19H,3,5,10,13H2,1-2H3,(H,23,24)(H2,20,21,22)/p-3/b14-9+,15-6+. The highest BCUT2D eigenvalue weighted by Crippen LogP contribution is 2.50. The van der Waals surface area contributed by atoms with Gasteiger partial charge in [-0.05, 0) is 44.9 Å². The summed E-state index contributed by atoms with van der Waals surface area (Å²) < 4.78 is 29.0. The summed E-state index contributed by atoms with van der Waals surface area (Å²) in [5.41, 5.74) is 3.35. The molecule has 0 aromatic heterocycles. The second-order valence-corrected chi connectivity index (χ2v) is 8.66. The van der Waals surface area contributed by atoms with Gasteiger partial charge in [0, 0.05) is 12.2 Å². The van der Waals surface area contributed by atoms with Crippen molar-refractivity contribution in [1.82, 2.24) is 0 Å². The number of anilines is 1. The van der Waals surface area contributed by atoms with E-state index in [4.69, 9.17) is 5.26 Å². The van der Waals surface area contributed by atoms with Gasteiger partial charge in [-0.15, -0.1) is 0 Å². The summed E-state index contributed by atoms with van der Waals surface area (Å²) in [7, 11) is -10.8. The number of nitrogens with one attached hydrogen (secondary N) is 1. The molecule has 1 N–H and O–H groups in total. The fourth-order valence-electron chi connectivity index (χ4n) is 2.08. The molecular weight excluding hydrogens is 406 g/mol. The van der Waals surface area contributed by atoms with Gasteiger partial charge in [-0.25, -0.2) is 0 Å². The first kappa shape index (κ1) is 24.3. The molecule has 0 heterocycles. The van der Waals surface area contributed by atoms with Gasteiger partial charge in [0.15, 0.2) is 0 Å². The zero-order chi connectivity index (χ0) is 21.2. The van der Waals surface area contributed by atoms with E-state index in [0.717, 1.165) is 16.8 Å². The van der Waals surface area contributed by atoms with Crippen molar-refractivity contribution in [2.75, 3.05) is 18.5 Å². The first-order valence-corrected chi connectivity index (χ1v) is 11.2. The van der Waals surface area contributed by atoms with E-state index in [2.05, 4.69) is 20.2 Å². The van der Waals surface area contributed by atoms with Gasteiger partial charge in [0.1, 0.15) is 0 Å². The highest BCUT2D eigenvalue weighted by atomic mass is 31.3. The molecule has 0 radical (unpaired) electrons. The molecule has 0 aliphatic heterocycles. The molecule has 11 heteroatoms. The molecule has 1 aromatic carbocycles. The minimum Gasteiger partial charge on any atom is -0.790 e. The Balaban J connectivity index is 2.38. The Bertz CT molecular complexity index is 855. The van der Waals surface area contributed by atoms with E-state index in [-0.39, 0.29) is 0 Å². The molecule has 154 valence electrons. The highest BCUT2D eigenvalue weighted by Gasteiger charge is 2.10. The topological polar surface area (TPSA) is 158 Å². The first-order chi connectivity index (χ1) is 13.0. The minimum absolute atomic E-state index is 0.425. The van der Waals surface area contributed by atoms with Crippen molar-refractivity contribution in [2.24, 2.45) is 0 Å². The second kappa shape index (κ2) is 11.3. The summed E-state index contributed by atoms with van der Waals surface area (Å²) in [4.78, 5) is 31.7. The number of phosphoric acid groups is 2. The lowest BCUT2D eigenvalue weighted by Crippen LogP contribution is -2.19. The van der Waals surface area contributed by atoms with E-state index in [9.17, 15) is 23.8 Å². The SMILES string of the molecule is C/C(=C\COP(=O)([O-])OP(=O)([O-])[O-])CC/C=C(\C)CNc1cccc(C#N)c1. The van der Waals surface area contributed by atoms with Crippen LogP contribution >= 0.6 is 15.6 Å². The fourth-order valence-corrected chi connectivity index (χ4v) is 3.50. The molecule has 0 fully saturated rings. The molecule has 0 saturated heterocycles. The zero-order valence-electron chi connectivity index (χ0n) is 15.5. The number of benzene rings is 1. The molecule has 1 aromatic rings. The molecule has 0 saturated carbocycles. The number of phosphoric ester groups is 1. The fraction of sp³-hybridized carbons (Fsp3) is 0.353. The lowest BCUT2D eigenvalue weighted by atomic mass is 10.1. The van der Waals surface area contributed by atoms with Gasteiger partial charge < -0.3 is 29.1 Å². The molecule has 28 heavy (non-hydrogen) atoms. The van der Waals surface area contributed by atoms with E-state index < -0.39 is 22.3 Å². The smallest absolute Gasteiger partial charge is 0.272 e. The Hall–Kier alpha value is -1.75. The number of nitriles is 1. The third-order valence-electron chi connectivity index (χ3n) is 3.46. The van der Waals surface area contributed by atoms with Crippen molar-refractivity contribution in [1.29, 1.82) is 5.26 Å². The van der Waals surface area contributed by atoms with Gasteiger partial charge in [0.25, 0.3) is 7.82 Å². The maximum Gasteiger partial charge on any atom is 0.272 e. The van der Waals surface area contributed by atoms with Crippen molar-refractivity contribution >= 4 is 21.3 Å². The van der Waals surface area contributed by atoms with E-state index in [1.165, 1.54) is 6.08 Å². The van der Waals surface area contributed by atoms with Crippen LogP contribution in [0.5, 0.6) is 0 Å². The van der Waals surface area contributed by atoms with Gasteiger partial charge in [0.2, 0.25) is 0 Å².